The molecule has 1 atom stereocenters. The minimum atomic E-state index is -0.259. The summed E-state index contributed by atoms with van der Waals surface area (Å²) >= 11 is 5.87. The number of halogens is 1. The second kappa shape index (κ2) is 4.90. The van der Waals surface area contributed by atoms with Crippen molar-refractivity contribution in [1.29, 1.82) is 0 Å². The van der Waals surface area contributed by atoms with Gasteiger partial charge in [0.2, 0.25) is 5.91 Å². The molecule has 1 amide bonds. The second-order valence-electron chi connectivity index (χ2n) is 5.33. The van der Waals surface area contributed by atoms with E-state index in [0.29, 0.717) is 5.02 Å². The number of nitrogens with two attached hydrogens (primary N) is 1. The molecule has 2 rings (SSSR count). The van der Waals surface area contributed by atoms with Crippen LogP contribution in [0.1, 0.15) is 30.7 Å². The van der Waals surface area contributed by atoms with Gasteiger partial charge < -0.3 is 10.6 Å². The Balaban J connectivity index is 2.19. The molecule has 0 saturated heterocycles. The van der Waals surface area contributed by atoms with E-state index in [4.69, 9.17) is 17.3 Å². The number of carbonyl (C=O) groups excluding carboxylic acids is 1. The molecule has 0 aliphatic heterocycles. The normalized spacial score (nSPS) is 18.7. The van der Waals surface area contributed by atoms with Crippen LogP contribution in [-0.2, 0) is 4.79 Å². The van der Waals surface area contributed by atoms with E-state index < -0.39 is 0 Å². The van der Waals surface area contributed by atoms with Crippen molar-refractivity contribution < 1.29 is 4.79 Å². The van der Waals surface area contributed by atoms with Crippen LogP contribution in [0.15, 0.2) is 24.3 Å². The number of rotatable bonds is 5. The lowest BCUT2D eigenvalue weighted by Gasteiger charge is -2.27. The Labute approximate surface area is 113 Å². The van der Waals surface area contributed by atoms with E-state index in [0.717, 1.165) is 24.8 Å². The predicted octanol–water partition coefficient (Wildman–Crippen LogP) is 2.39. The highest BCUT2D eigenvalue weighted by Crippen LogP contribution is 2.47. The first-order chi connectivity index (χ1) is 8.44. The van der Waals surface area contributed by atoms with E-state index in [1.807, 2.05) is 24.3 Å². The van der Waals surface area contributed by atoms with Crippen LogP contribution in [0.5, 0.6) is 0 Å². The van der Waals surface area contributed by atoms with E-state index >= 15 is 0 Å². The first-order valence-corrected chi connectivity index (χ1v) is 6.55. The van der Waals surface area contributed by atoms with Crippen LogP contribution in [-0.4, -0.2) is 30.4 Å². The van der Waals surface area contributed by atoms with Gasteiger partial charge in [0.1, 0.15) is 0 Å². The molecule has 0 bridgehead atoms. The van der Waals surface area contributed by atoms with Crippen LogP contribution in [0, 0.1) is 0 Å². The zero-order valence-corrected chi connectivity index (χ0v) is 11.6. The summed E-state index contributed by atoms with van der Waals surface area (Å²) in [5, 5.41) is 0.677. The summed E-state index contributed by atoms with van der Waals surface area (Å²) in [7, 11) is 4.12. The number of carbonyl (C=O) groups is 1. The molecule has 0 heterocycles. The Morgan fingerprint density at radius 1 is 1.39 bits per heavy atom. The summed E-state index contributed by atoms with van der Waals surface area (Å²) in [4.78, 5) is 13.9. The number of hydrogen-bond donors (Lipinski definition) is 1. The molecule has 3 nitrogen and oxygen atoms in total. The van der Waals surface area contributed by atoms with Gasteiger partial charge in [-0.15, -0.1) is 0 Å². The molecule has 0 radical (unpaired) electrons. The van der Waals surface area contributed by atoms with Crippen LogP contribution < -0.4 is 5.73 Å². The lowest BCUT2D eigenvalue weighted by atomic mass is 9.90. The fourth-order valence-corrected chi connectivity index (χ4v) is 2.56. The van der Waals surface area contributed by atoms with Gasteiger partial charge in [0.05, 0.1) is 5.92 Å². The fraction of sp³-hybridized carbons (Fsp3) is 0.500. The summed E-state index contributed by atoms with van der Waals surface area (Å²) in [6, 6.07) is 7.40. The van der Waals surface area contributed by atoms with E-state index in [9.17, 15) is 4.79 Å². The lowest BCUT2D eigenvalue weighted by Crippen LogP contribution is -2.35. The zero-order valence-electron chi connectivity index (χ0n) is 10.8. The summed E-state index contributed by atoms with van der Waals surface area (Å²) in [6.45, 7) is 0. The van der Waals surface area contributed by atoms with Crippen molar-refractivity contribution in [2.45, 2.75) is 30.7 Å². The first-order valence-electron chi connectivity index (χ1n) is 6.17. The third kappa shape index (κ3) is 2.68. The van der Waals surface area contributed by atoms with Gasteiger partial charge in [-0.25, -0.2) is 0 Å². The van der Waals surface area contributed by atoms with Gasteiger partial charge in [-0.1, -0.05) is 23.7 Å². The Hall–Kier alpha value is -1.06. The van der Waals surface area contributed by atoms with Crippen molar-refractivity contribution in [1.82, 2.24) is 4.90 Å². The molecule has 4 heteroatoms. The molecule has 1 saturated carbocycles. The Morgan fingerprint density at radius 3 is 2.33 bits per heavy atom. The van der Waals surface area contributed by atoms with Crippen LogP contribution in [0.2, 0.25) is 5.02 Å². The lowest BCUT2D eigenvalue weighted by molar-refractivity contribution is -0.120. The molecule has 1 fully saturated rings. The van der Waals surface area contributed by atoms with Crippen LogP contribution in [0.4, 0.5) is 0 Å². The van der Waals surface area contributed by atoms with Crippen molar-refractivity contribution in [3.05, 3.63) is 34.9 Å². The Bertz CT molecular complexity index is 438. The van der Waals surface area contributed by atoms with E-state index in [2.05, 4.69) is 19.0 Å². The molecule has 1 aromatic carbocycles. The summed E-state index contributed by atoms with van der Waals surface area (Å²) < 4.78 is 0. The smallest absolute Gasteiger partial charge is 0.225 e. The highest BCUT2D eigenvalue weighted by atomic mass is 35.5. The highest BCUT2D eigenvalue weighted by Gasteiger charge is 2.47. The average Bonchev–Trinajstić information content (AvgIpc) is 3.08. The monoisotopic (exact) mass is 266 g/mol. The number of benzene rings is 1. The van der Waals surface area contributed by atoms with Gasteiger partial charge >= 0.3 is 0 Å². The molecule has 0 aromatic heterocycles. The Morgan fingerprint density at radius 2 is 1.94 bits per heavy atom. The standard InChI is InChI=1S/C14H19ClN2O/c1-17(2)14(7-8-14)9-12(13(16)18)10-3-5-11(15)6-4-10/h3-6,12H,7-9H2,1-2H3,(H2,16,18). The second-order valence-corrected chi connectivity index (χ2v) is 5.77. The molecule has 1 aromatic rings. The Kier molecular flexibility index (Phi) is 3.64. The highest BCUT2D eigenvalue weighted by molar-refractivity contribution is 6.30. The quantitative estimate of drug-likeness (QED) is 0.890. The minimum absolute atomic E-state index is 0.152. The molecule has 1 unspecified atom stereocenters. The van der Waals surface area contributed by atoms with Gasteiger partial charge in [0.25, 0.3) is 0 Å². The van der Waals surface area contributed by atoms with Gasteiger partial charge in [-0.3, -0.25) is 4.79 Å². The van der Waals surface area contributed by atoms with Crippen molar-refractivity contribution in [2.75, 3.05) is 14.1 Å². The summed E-state index contributed by atoms with van der Waals surface area (Å²) in [5.41, 5.74) is 6.66. The van der Waals surface area contributed by atoms with Crippen LogP contribution in [0.25, 0.3) is 0 Å². The SMILES string of the molecule is CN(C)C1(CC(C(N)=O)c2ccc(Cl)cc2)CC1. The van der Waals surface area contributed by atoms with E-state index in [1.165, 1.54) is 0 Å². The van der Waals surface area contributed by atoms with Gasteiger partial charge in [0, 0.05) is 10.6 Å². The van der Waals surface area contributed by atoms with Crippen molar-refractivity contribution >= 4 is 17.5 Å². The van der Waals surface area contributed by atoms with Crippen LogP contribution >= 0.6 is 11.6 Å². The minimum Gasteiger partial charge on any atom is -0.369 e. The molecule has 1 aliphatic rings. The third-order valence-corrected chi connectivity index (χ3v) is 4.23. The van der Waals surface area contributed by atoms with E-state index in [-0.39, 0.29) is 17.4 Å². The first kappa shape index (κ1) is 13.4. The molecule has 98 valence electrons. The van der Waals surface area contributed by atoms with Crippen molar-refractivity contribution in [3.8, 4) is 0 Å². The average molecular weight is 267 g/mol. The maximum Gasteiger partial charge on any atom is 0.225 e. The van der Waals surface area contributed by atoms with E-state index in [1.54, 1.807) is 0 Å². The number of hydrogen-bond acceptors (Lipinski definition) is 2. The molecule has 0 spiro atoms. The summed E-state index contributed by atoms with van der Waals surface area (Å²) in [6.07, 6.45) is 3.06. The maximum absolute atomic E-state index is 11.7. The van der Waals surface area contributed by atoms with Crippen molar-refractivity contribution in [2.24, 2.45) is 5.73 Å². The fourth-order valence-electron chi connectivity index (χ4n) is 2.44. The van der Waals surface area contributed by atoms with Crippen LogP contribution in [0.3, 0.4) is 0 Å². The third-order valence-electron chi connectivity index (χ3n) is 3.98. The predicted molar refractivity (Wildman–Crippen MR) is 73.7 cm³/mol. The number of primary amides is 1. The van der Waals surface area contributed by atoms with Gasteiger partial charge in [-0.05, 0) is 51.1 Å². The van der Waals surface area contributed by atoms with Gasteiger partial charge in [-0.2, -0.15) is 0 Å². The molecular formula is C14H19ClN2O. The number of amides is 1. The maximum atomic E-state index is 11.7. The molecule has 18 heavy (non-hydrogen) atoms. The number of nitrogens with zero attached hydrogens (tertiary/aromatic N) is 1. The summed E-state index contributed by atoms with van der Waals surface area (Å²) in [5.74, 6) is -0.488. The zero-order chi connectivity index (χ0) is 13.3. The molecule has 1 aliphatic carbocycles. The molecular weight excluding hydrogens is 248 g/mol. The molecule has 2 N–H and O–H groups in total. The van der Waals surface area contributed by atoms with Crippen molar-refractivity contribution in [3.63, 3.8) is 0 Å². The van der Waals surface area contributed by atoms with Gasteiger partial charge in [0.15, 0.2) is 0 Å². The largest absolute Gasteiger partial charge is 0.369 e. The topological polar surface area (TPSA) is 46.3 Å².